The van der Waals surface area contributed by atoms with Crippen molar-refractivity contribution in [1.82, 2.24) is 9.62 Å². The summed E-state index contributed by atoms with van der Waals surface area (Å²) < 4.78 is 47.2. The lowest BCUT2D eigenvalue weighted by Crippen LogP contribution is -2.40. The van der Waals surface area contributed by atoms with Crippen LogP contribution in [0.5, 0.6) is 11.5 Å². The number of carbonyl (C=O) groups is 2. The Morgan fingerprint density at radius 1 is 1.00 bits per heavy atom. The molecule has 0 unspecified atom stereocenters. The highest BCUT2D eigenvalue weighted by Gasteiger charge is 2.26. The lowest BCUT2D eigenvalue weighted by atomic mass is 10.2. The van der Waals surface area contributed by atoms with Crippen LogP contribution in [-0.4, -0.2) is 71.7 Å². The fraction of sp³-hybridized carbons (Fsp3) is 0.364. The van der Waals surface area contributed by atoms with Gasteiger partial charge in [0.05, 0.1) is 37.9 Å². The number of rotatable bonds is 9. The van der Waals surface area contributed by atoms with Gasteiger partial charge in [-0.25, -0.2) is 13.2 Å². The smallest absolute Gasteiger partial charge is 0.338 e. The fourth-order valence-corrected chi connectivity index (χ4v) is 4.56. The number of benzene rings is 2. The minimum atomic E-state index is -3.65. The van der Waals surface area contributed by atoms with Crippen LogP contribution in [0.3, 0.4) is 0 Å². The molecule has 0 aliphatic carbocycles. The number of hydrogen-bond donors (Lipinski definition) is 1. The Morgan fingerprint density at radius 3 is 2.30 bits per heavy atom. The zero-order valence-corrected chi connectivity index (χ0v) is 19.2. The zero-order valence-electron chi connectivity index (χ0n) is 18.4. The fourth-order valence-electron chi connectivity index (χ4n) is 3.16. The Labute approximate surface area is 192 Å². The van der Waals surface area contributed by atoms with E-state index in [0.29, 0.717) is 24.7 Å². The molecule has 0 saturated carbocycles. The molecule has 10 nitrogen and oxygen atoms in total. The summed E-state index contributed by atoms with van der Waals surface area (Å²) in [4.78, 5) is 24.4. The number of nitrogens with one attached hydrogen (secondary N) is 1. The second-order valence-electron chi connectivity index (χ2n) is 7.08. The van der Waals surface area contributed by atoms with Crippen molar-refractivity contribution in [3.63, 3.8) is 0 Å². The van der Waals surface area contributed by atoms with E-state index in [2.05, 4.69) is 5.32 Å². The highest BCUT2D eigenvalue weighted by molar-refractivity contribution is 7.89. The van der Waals surface area contributed by atoms with Gasteiger partial charge in [0.1, 0.15) is 0 Å². The van der Waals surface area contributed by atoms with Crippen LogP contribution in [0, 0.1) is 0 Å². The number of esters is 1. The lowest BCUT2D eigenvalue weighted by Gasteiger charge is -2.26. The van der Waals surface area contributed by atoms with Crippen LogP contribution in [0.2, 0.25) is 0 Å². The first-order valence-electron chi connectivity index (χ1n) is 10.2. The molecule has 3 rings (SSSR count). The van der Waals surface area contributed by atoms with Gasteiger partial charge in [0, 0.05) is 19.6 Å². The normalized spacial score (nSPS) is 14.4. The number of hydrogen-bond acceptors (Lipinski definition) is 8. The van der Waals surface area contributed by atoms with Crippen LogP contribution in [0.1, 0.15) is 15.9 Å². The predicted molar refractivity (Wildman–Crippen MR) is 118 cm³/mol. The Hall–Kier alpha value is -3.15. The molecule has 33 heavy (non-hydrogen) atoms. The molecule has 1 N–H and O–H groups in total. The van der Waals surface area contributed by atoms with E-state index < -0.39 is 28.5 Å². The number of sulfonamides is 1. The predicted octanol–water partition coefficient (Wildman–Crippen LogP) is 1.20. The number of morpholine rings is 1. The van der Waals surface area contributed by atoms with E-state index in [9.17, 15) is 18.0 Å². The van der Waals surface area contributed by atoms with Gasteiger partial charge < -0.3 is 24.3 Å². The molecule has 1 aliphatic heterocycles. The van der Waals surface area contributed by atoms with Gasteiger partial charge in [-0.2, -0.15) is 4.31 Å². The van der Waals surface area contributed by atoms with Crippen LogP contribution in [0.4, 0.5) is 0 Å². The van der Waals surface area contributed by atoms with Gasteiger partial charge in [0.25, 0.3) is 5.91 Å². The molecular formula is C22H26N2O8S. The van der Waals surface area contributed by atoms with Crippen molar-refractivity contribution in [2.75, 3.05) is 47.1 Å². The summed E-state index contributed by atoms with van der Waals surface area (Å²) in [6.45, 7) is 0.995. The molecule has 1 fully saturated rings. The third kappa shape index (κ3) is 6.21. The number of ether oxygens (including phenoxy) is 4. The van der Waals surface area contributed by atoms with Crippen LogP contribution in [0.15, 0.2) is 47.4 Å². The molecule has 2 aromatic rings. The summed E-state index contributed by atoms with van der Waals surface area (Å²) in [5, 5.41) is 2.65. The minimum Gasteiger partial charge on any atom is -0.493 e. The van der Waals surface area contributed by atoms with Gasteiger partial charge in [-0.1, -0.05) is 6.07 Å². The van der Waals surface area contributed by atoms with Crippen molar-refractivity contribution < 1.29 is 37.0 Å². The molecule has 0 atom stereocenters. The summed E-state index contributed by atoms with van der Waals surface area (Å²) in [6.07, 6.45) is 0. The molecule has 1 amide bonds. The van der Waals surface area contributed by atoms with E-state index in [0.717, 1.165) is 5.56 Å². The standard InChI is InChI=1S/C22H26N2O8S/c1-29-19-8-3-16(13-20(19)30-2)14-23-21(25)15-32-22(26)17-4-6-18(7-5-17)33(27,28)24-9-11-31-12-10-24/h3-8,13H,9-12,14-15H2,1-2H3,(H,23,25). The zero-order chi connectivity index (χ0) is 23.8. The van der Waals surface area contributed by atoms with Crippen molar-refractivity contribution in [3.05, 3.63) is 53.6 Å². The highest BCUT2D eigenvalue weighted by atomic mass is 32.2. The summed E-state index contributed by atoms with van der Waals surface area (Å²) in [5.41, 5.74) is 0.924. The maximum atomic E-state index is 12.6. The third-order valence-electron chi connectivity index (χ3n) is 4.97. The Kier molecular flexibility index (Phi) is 8.26. The van der Waals surface area contributed by atoms with E-state index in [-0.39, 0.29) is 30.1 Å². The van der Waals surface area contributed by atoms with Crippen LogP contribution < -0.4 is 14.8 Å². The third-order valence-corrected chi connectivity index (χ3v) is 6.88. The quantitative estimate of drug-likeness (QED) is 0.534. The Morgan fingerprint density at radius 2 is 1.67 bits per heavy atom. The molecular weight excluding hydrogens is 452 g/mol. The molecule has 0 bridgehead atoms. The first-order chi connectivity index (χ1) is 15.8. The van der Waals surface area contributed by atoms with Gasteiger partial charge in [-0.15, -0.1) is 0 Å². The van der Waals surface area contributed by atoms with Crippen LogP contribution >= 0.6 is 0 Å². The van der Waals surface area contributed by atoms with Gasteiger partial charge in [-0.05, 0) is 42.0 Å². The molecule has 1 saturated heterocycles. The average molecular weight is 479 g/mol. The second kappa shape index (κ2) is 11.1. The van der Waals surface area contributed by atoms with Crippen molar-refractivity contribution in [1.29, 1.82) is 0 Å². The van der Waals surface area contributed by atoms with Crippen molar-refractivity contribution in [2.45, 2.75) is 11.4 Å². The average Bonchev–Trinajstić information content (AvgIpc) is 2.86. The van der Waals surface area contributed by atoms with Crippen molar-refractivity contribution in [3.8, 4) is 11.5 Å². The lowest BCUT2D eigenvalue weighted by molar-refractivity contribution is -0.124. The molecule has 1 heterocycles. The van der Waals surface area contributed by atoms with Gasteiger partial charge in [-0.3, -0.25) is 4.79 Å². The van der Waals surface area contributed by atoms with E-state index in [1.54, 1.807) is 18.2 Å². The number of amides is 1. The summed E-state index contributed by atoms with van der Waals surface area (Å²) in [7, 11) is -0.603. The molecule has 1 aliphatic rings. The van der Waals surface area contributed by atoms with Crippen LogP contribution in [-0.2, 0) is 30.8 Å². The molecule has 11 heteroatoms. The first kappa shape index (κ1) is 24.5. The number of nitrogens with zero attached hydrogens (tertiary/aromatic N) is 1. The second-order valence-corrected chi connectivity index (χ2v) is 9.02. The SMILES string of the molecule is COc1ccc(CNC(=O)COC(=O)c2ccc(S(=O)(=O)N3CCOCC3)cc2)cc1OC. The van der Waals surface area contributed by atoms with Gasteiger partial charge >= 0.3 is 5.97 Å². The van der Waals surface area contributed by atoms with Gasteiger partial charge in [0.15, 0.2) is 18.1 Å². The molecule has 2 aromatic carbocycles. The number of carbonyl (C=O) groups excluding carboxylic acids is 2. The largest absolute Gasteiger partial charge is 0.493 e. The van der Waals surface area contributed by atoms with Crippen LogP contribution in [0.25, 0.3) is 0 Å². The van der Waals surface area contributed by atoms with E-state index in [1.807, 2.05) is 0 Å². The Balaban J connectivity index is 1.50. The molecule has 0 aromatic heterocycles. The summed E-state index contributed by atoms with van der Waals surface area (Å²) in [5.74, 6) is -0.101. The van der Waals surface area contributed by atoms with E-state index >= 15 is 0 Å². The van der Waals surface area contributed by atoms with E-state index in [4.69, 9.17) is 18.9 Å². The van der Waals surface area contributed by atoms with E-state index in [1.165, 1.54) is 42.8 Å². The maximum Gasteiger partial charge on any atom is 0.338 e. The topological polar surface area (TPSA) is 120 Å². The Bertz CT molecular complexity index is 1080. The highest BCUT2D eigenvalue weighted by Crippen LogP contribution is 2.27. The number of methoxy groups -OCH3 is 2. The summed E-state index contributed by atoms with van der Waals surface area (Å²) in [6, 6.07) is 10.6. The van der Waals surface area contributed by atoms with Gasteiger partial charge in [0.2, 0.25) is 10.0 Å². The molecule has 0 radical (unpaired) electrons. The monoisotopic (exact) mass is 478 g/mol. The molecule has 178 valence electrons. The van der Waals surface area contributed by atoms with Crippen molar-refractivity contribution in [2.24, 2.45) is 0 Å². The molecule has 0 spiro atoms. The minimum absolute atomic E-state index is 0.0774. The first-order valence-corrected chi connectivity index (χ1v) is 11.6. The summed E-state index contributed by atoms with van der Waals surface area (Å²) >= 11 is 0. The van der Waals surface area contributed by atoms with Crippen molar-refractivity contribution >= 4 is 21.9 Å². The maximum absolute atomic E-state index is 12.6.